The SMILES string of the molecule is COCC(=O)N(CCc1ccccc1)Cc1cc(C(=O)NCC(C)C)no1. The van der Waals surface area contributed by atoms with E-state index in [1.54, 1.807) is 11.0 Å². The summed E-state index contributed by atoms with van der Waals surface area (Å²) in [6.45, 7) is 5.34. The van der Waals surface area contributed by atoms with Gasteiger partial charge >= 0.3 is 0 Å². The van der Waals surface area contributed by atoms with Crippen molar-refractivity contribution in [3.63, 3.8) is 0 Å². The van der Waals surface area contributed by atoms with Gasteiger partial charge in [0.2, 0.25) is 5.91 Å². The fraction of sp³-hybridized carbons (Fsp3) is 0.450. The number of hydrogen-bond donors (Lipinski definition) is 1. The third kappa shape index (κ3) is 6.86. The van der Waals surface area contributed by atoms with Crippen LogP contribution in [0.1, 0.15) is 35.7 Å². The molecular formula is C20H27N3O4. The molecule has 2 aromatic rings. The van der Waals surface area contributed by atoms with Crippen LogP contribution in [0.15, 0.2) is 40.9 Å². The molecule has 0 fully saturated rings. The standard InChI is InChI=1S/C20H27N3O4/c1-15(2)12-21-20(25)18-11-17(27-22-18)13-23(19(24)14-26-3)10-9-16-7-5-4-6-8-16/h4-8,11,15H,9-10,12-14H2,1-3H3,(H,21,25). The van der Waals surface area contributed by atoms with Crippen molar-refractivity contribution in [2.75, 3.05) is 26.8 Å². The van der Waals surface area contributed by atoms with Crippen molar-refractivity contribution < 1.29 is 18.8 Å². The Morgan fingerprint density at radius 3 is 2.67 bits per heavy atom. The maximum absolute atomic E-state index is 12.3. The van der Waals surface area contributed by atoms with E-state index in [9.17, 15) is 9.59 Å². The van der Waals surface area contributed by atoms with Gasteiger partial charge in [0, 0.05) is 26.3 Å². The summed E-state index contributed by atoms with van der Waals surface area (Å²) in [6.07, 6.45) is 0.714. The molecule has 7 nitrogen and oxygen atoms in total. The monoisotopic (exact) mass is 373 g/mol. The Morgan fingerprint density at radius 1 is 1.26 bits per heavy atom. The number of hydrogen-bond acceptors (Lipinski definition) is 5. The normalized spacial score (nSPS) is 10.8. The highest BCUT2D eigenvalue weighted by molar-refractivity contribution is 5.92. The van der Waals surface area contributed by atoms with Gasteiger partial charge in [0.05, 0.1) is 6.54 Å². The van der Waals surface area contributed by atoms with Gasteiger partial charge in [-0.3, -0.25) is 9.59 Å². The molecule has 0 radical (unpaired) electrons. The van der Waals surface area contributed by atoms with Crippen molar-refractivity contribution in [2.45, 2.75) is 26.8 Å². The molecular weight excluding hydrogens is 346 g/mol. The number of benzene rings is 1. The second kappa shape index (κ2) is 10.5. The summed E-state index contributed by atoms with van der Waals surface area (Å²) in [6, 6.07) is 11.5. The molecule has 0 saturated heterocycles. The van der Waals surface area contributed by atoms with Gasteiger partial charge in [0.15, 0.2) is 11.5 Å². The number of ether oxygens (including phenoxy) is 1. The Labute approximate surface area is 159 Å². The average Bonchev–Trinajstić information content (AvgIpc) is 3.13. The summed E-state index contributed by atoms with van der Waals surface area (Å²) in [5.74, 6) is 0.385. The van der Waals surface area contributed by atoms with Crippen molar-refractivity contribution in [3.05, 3.63) is 53.4 Å². The minimum atomic E-state index is -0.280. The first-order valence-corrected chi connectivity index (χ1v) is 9.04. The lowest BCUT2D eigenvalue weighted by atomic mass is 10.1. The zero-order chi connectivity index (χ0) is 19.6. The Kier molecular flexibility index (Phi) is 8.00. The van der Waals surface area contributed by atoms with Gasteiger partial charge in [0.1, 0.15) is 6.61 Å². The maximum atomic E-state index is 12.3. The van der Waals surface area contributed by atoms with Gasteiger partial charge in [-0.2, -0.15) is 0 Å². The molecule has 0 aliphatic carbocycles. The molecule has 1 aromatic carbocycles. The zero-order valence-electron chi connectivity index (χ0n) is 16.1. The first-order chi connectivity index (χ1) is 13.0. The van der Waals surface area contributed by atoms with E-state index in [1.165, 1.54) is 7.11 Å². The molecule has 0 aliphatic heterocycles. The Bertz CT molecular complexity index is 728. The molecule has 27 heavy (non-hydrogen) atoms. The summed E-state index contributed by atoms with van der Waals surface area (Å²) < 4.78 is 10.2. The summed E-state index contributed by atoms with van der Waals surface area (Å²) >= 11 is 0. The number of nitrogens with one attached hydrogen (secondary N) is 1. The minimum absolute atomic E-state index is 0.00927. The summed E-state index contributed by atoms with van der Waals surface area (Å²) in [5, 5.41) is 6.61. The van der Waals surface area contributed by atoms with Gasteiger partial charge in [-0.25, -0.2) is 0 Å². The molecule has 1 N–H and O–H groups in total. The van der Waals surface area contributed by atoms with Crippen LogP contribution in [0.5, 0.6) is 0 Å². The molecule has 146 valence electrons. The second-order valence-electron chi connectivity index (χ2n) is 6.77. The lowest BCUT2D eigenvalue weighted by Crippen LogP contribution is -2.35. The molecule has 0 aliphatic rings. The zero-order valence-corrected chi connectivity index (χ0v) is 16.1. The van der Waals surface area contributed by atoms with Crippen LogP contribution in [-0.4, -0.2) is 48.7 Å². The maximum Gasteiger partial charge on any atom is 0.273 e. The number of methoxy groups -OCH3 is 1. The summed E-state index contributed by atoms with van der Waals surface area (Å²) in [5.41, 5.74) is 1.35. The summed E-state index contributed by atoms with van der Waals surface area (Å²) in [4.78, 5) is 26.1. The molecule has 0 atom stereocenters. The summed E-state index contributed by atoms with van der Waals surface area (Å²) in [7, 11) is 1.49. The molecule has 0 saturated carbocycles. The van der Waals surface area contributed by atoms with E-state index < -0.39 is 0 Å². The number of aromatic nitrogens is 1. The molecule has 1 aromatic heterocycles. The number of amides is 2. The van der Waals surface area contributed by atoms with E-state index in [2.05, 4.69) is 10.5 Å². The van der Waals surface area contributed by atoms with Crippen molar-refractivity contribution in [1.29, 1.82) is 0 Å². The largest absolute Gasteiger partial charge is 0.375 e. The highest BCUT2D eigenvalue weighted by Crippen LogP contribution is 2.10. The van der Waals surface area contributed by atoms with E-state index in [1.807, 2.05) is 44.2 Å². The van der Waals surface area contributed by atoms with Crippen molar-refractivity contribution >= 4 is 11.8 Å². The Balaban J connectivity index is 1.99. The Morgan fingerprint density at radius 2 is 2.00 bits per heavy atom. The van der Waals surface area contributed by atoms with Gasteiger partial charge in [0.25, 0.3) is 5.91 Å². The van der Waals surface area contributed by atoms with Gasteiger partial charge < -0.3 is 19.5 Å². The average molecular weight is 373 g/mol. The van der Waals surface area contributed by atoms with Gasteiger partial charge in [-0.1, -0.05) is 49.3 Å². The number of carbonyl (C=O) groups excluding carboxylic acids is 2. The van der Waals surface area contributed by atoms with Gasteiger partial charge in [-0.05, 0) is 17.9 Å². The molecule has 0 spiro atoms. The second-order valence-corrected chi connectivity index (χ2v) is 6.77. The highest BCUT2D eigenvalue weighted by atomic mass is 16.5. The van der Waals surface area contributed by atoms with Crippen LogP contribution in [-0.2, 0) is 22.5 Å². The van der Waals surface area contributed by atoms with Crippen LogP contribution in [0.25, 0.3) is 0 Å². The van der Waals surface area contributed by atoms with Crippen molar-refractivity contribution in [1.82, 2.24) is 15.4 Å². The van der Waals surface area contributed by atoms with E-state index in [0.29, 0.717) is 31.2 Å². The Hall–Kier alpha value is -2.67. The fourth-order valence-corrected chi connectivity index (χ4v) is 2.49. The minimum Gasteiger partial charge on any atom is -0.375 e. The third-order valence-corrected chi connectivity index (χ3v) is 3.94. The van der Waals surface area contributed by atoms with Crippen LogP contribution in [0.3, 0.4) is 0 Å². The van der Waals surface area contributed by atoms with Crippen molar-refractivity contribution in [2.24, 2.45) is 5.92 Å². The van der Waals surface area contributed by atoms with Gasteiger partial charge in [-0.15, -0.1) is 0 Å². The molecule has 1 heterocycles. The first kappa shape index (κ1) is 20.6. The van der Waals surface area contributed by atoms with Crippen molar-refractivity contribution in [3.8, 4) is 0 Å². The lowest BCUT2D eigenvalue weighted by molar-refractivity contribution is -0.136. The van der Waals surface area contributed by atoms with E-state index in [-0.39, 0.29) is 30.7 Å². The number of nitrogens with zero attached hydrogens (tertiary/aromatic N) is 2. The molecule has 2 rings (SSSR count). The van der Waals surface area contributed by atoms with Crippen LogP contribution in [0.4, 0.5) is 0 Å². The van der Waals surface area contributed by atoms with Crippen LogP contribution >= 0.6 is 0 Å². The lowest BCUT2D eigenvalue weighted by Gasteiger charge is -2.21. The fourth-order valence-electron chi connectivity index (χ4n) is 2.49. The molecule has 7 heteroatoms. The van der Waals surface area contributed by atoms with Crippen LogP contribution < -0.4 is 5.32 Å². The smallest absolute Gasteiger partial charge is 0.273 e. The van der Waals surface area contributed by atoms with E-state index in [4.69, 9.17) is 9.26 Å². The molecule has 0 bridgehead atoms. The van der Waals surface area contributed by atoms with E-state index in [0.717, 1.165) is 5.56 Å². The predicted molar refractivity (Wildman–Crippen MR) is 101 cm³/mol. The third-order valence-electron chi connectivity index (χ3n) is 3.94. The number of rotatable bonds is 10. The molecule has 2 amide bonds. The highest BCUT2D eigenvalue weighted by Gasteiger charge is 2.18. The quantitative estimate of drug-likeness (QED) is 0.691. The van der Waals surface area contributed by atoms with Crippen LogP contribution in [0.2, 0.25) is 0 Å². The molecule has 0 unspecified atom stereocenters. The van der Waals surface area contributed by atoms with E-state index >= 15 is 0 Å². The first-order valence-electron chi connectivity index (χ1n) is 9.04. The number of carbonyl (C=O) groups is 2. The predicted octanol–water partition coefficient (Wildman–Crippen LogP) is 2.28. The van der Waals surface area contributed by atoms with Crippen LogP contribution in [0, 0.1) is 5.92 Å². The topological polar surface area (TPSA) is 84.7 Å².